The highest BCUT2D eigenvalue weighted by molar-refractivity contribution is 5.65. The standard InChI is InChI=1S/C23H20FN5O/c1-14-15(2)23(27-29-21(30)7-9-25-22(14)29)28-10-8-20-17(13-28)11-16(12-26-20)18-5-3-4-6-19(18)24/h3-7,9,11-12H,8,10,13H2,1-2H3. The van der Waals surface area contributed by atoms with Gasteiger partial charge in [0.05, 0.1) is 0 Å². The fourth-order valence-electron chi connectivity index (χ4n) is 4.01. The minimum Gasteiger partial charge on any atom is -0.350 e. The second-order valence-corrected chi connectivity index (χ2v) is 7.57. The molecule has 0 saturated heterocycles. The fourth-order valence-corrected chi connectivity index (χ4v) is 4.01. The number of pyridine rings is 1. The Balaban J connectivity index is 1.57. The Bertz CT molecular complexity index is 1350. The summed E-state index contributed by atoms with van der Waals surface area (Å²) in [5, 5.41) is 4.61. The van der Waals surface area contributed by atoms with Gasteiger partial charge in [0.15, 0.2) is 11.5 Å². The first-order valence-corrected chi connectivity index (χ1v) is 9.86. The van der Waals surface area contributed by atoms with E-state index in [-0.39, 0.29) is 11.4 Å². The van der Waals surface area contributed by atoms with Gasteiger partial charge in [0.1, 0.15) is 5.82 Å². The van der Waals surface area contributed by atoms with Gasteiger partial charge >= 0.3 is 0 Å². The van der Waals surface area contributed by atoms with Gasteiger partial charge in [0.2, 0.25) is 0 Å². The molecule has 4 heterocycles. The monoisotopic (exact) mass is 401 g/mol. The molecule has 0 bridgehead atoms. The summed E-state index contributed by atoms with van der Waals surface area (Å²) in [5.74, 6) is 0.499. The Morgan fingerprint density at radius 2 is 1.90 bits per heavy atom. The molecule has 7 heteroatoms. The molecule has 0 N–H and O–H groups in total. The number of rotatable bonds is 2. The van der Waals surface area contributed by atoms with Crippen molar-refractivity contribution in [3.63, 3.8) is 0 Å². The predicted octanol–water partition coefficient (Wildman–Crippen LogP) is 3.47. The van der Waals surface area contributed by atoms with Crippen molar-refractivity contribution in [1.29, 1.82) is 0 Å². The predicted molar refractivity (Wildman–Crippen MR) is 113 cm³/mol. The van der Waals surface area contributed by atoms with Crippen LogP contribution in [0.1, 0.15) is 22.4 Å². The number of anilines is 1. The highest BCUT2D eigenvalue weighted by Gasteiger charge is 2.23. The molecule has 5 rings (SSSR count). The van der Waals surface area contributed by atoms with Gasteiger partial charge in [-0.3, -0.25) is 9.78 Å². The van der Waals surface area contributed by atoms with E-state index in [0.29, 0.717) is 17.8 Å². The van der Waals surface area contributed by atoms with Gasteiger partial charge in [-0.1, -0.05) is 18.2 Å². The molecule has 30 heavy (non-hydrogen) atoms. The van der Waals surface area contributed by atoms with Gasteiger partial charge in [-0.15, -0.1) is 5.10 Å². The number of nitrogens with zero attached hydrogens (tertiary/aromatic N) is 5. The lowest BCUT2D eigenvalue weighted by atomic mass is 9.99. The van der Waals surface area contributed by atoms with E-state index in [0.717, 1.165) is 46.7 Å². The smallest absolute Gasteiger partial charge is 0.274 e. The van der Waals surface area contributed by atoms with Crippen molar-refractivity contribution in [3.05, 3.63) is 87.3 Å². The topological polar surface area (TPSA) is 63.4 Å². The summed E-state index contributed by atoms with van der Waals surface area (Å²) < 4.78 is 15.6. The Hall–Kier alpha value is -3.61. The van der Waals surface area contributed by atoms with E-state index in [1.807, 2.05) is 26.0 Å². The summed E-state index contributed by atoms with van der Waals surface area (Å²) >= 11 is 0. The normalized spacial score (nSPS) is 13.5. The fraction of sp³-hybridized carbons (Fsp3) is 0.217. The molecule has 0 amide bonds. The lowest BCUT2D eigenvalue weighted by Gasteiger charge is -2.31. The first kappa shape index (κ1) is 18.4. The molecule has 0 saturated carbocycles. The molecule has 6 nitrogen and oxygen atoms in total. The van der Waals surface area contributed by atoms with Gasteiger partial charge in [0, 0.05) is 65.9 Å². The van der Waals surface area contributed by atoms with E-state index >= 15 is 0 Å². The first-order chi connectivity index (χ1) is 14.5. The van der Waals surface area contributed by atoms with Crippen molar-refractivity contribution >= 4 is 11.5 Å². The van der Waals surface area contributed by atoms with Crippen molar-refractivity contribution in [3.8, 4) is 11.1 Å². The van der Waals surface area contributed by atoms with Crippen LogP contribution in [0.25, 0.3) is 16.8 Å². The second-order valence-electron chi connectivity index (χ2n) is 7.57. The molecule has 1 aliphatic heterocycles. The van der Waals surface area contributed by atoms with Crippen molar-refractivity contribution in [2.24, 2.45) is 0 Å². The Kier molecular flexibility index (Phi) is 4.31. The number of halogens is 1. The van der Waals surface area contributed by atoms with Crippen LogP contribution in [-0.2, 0) is 13.0 Å². The molecule has 0 atom stereocenters. The summed E-state index contributed by atoms with van der Waals surface area (Å²) in [4.78, 5) is 23.4. The molecule has 0 unspecified atom stereocenters. The van der Waals surface area contributed by atoms with Gasteiger partial charge in [0.25, 0.3) is 5.56 Å². The molecule has 0 radical (unpaired) electrons. The zero-order valence-corrected chi connectivity index (χ0v) is 16.8. The van der Waals surface area contributed by atoms with Crippen LogP contribution in [-0.4, -0.2) is 26.1 Å². The molecule has 150 valence electrons. The molecule has 3 aromatic heterocycles. The van der Waals surface area contributed by atoms with Crippen LogP contribution in [0.3, 0.4) is 0 Å². The van der Waals surface area contributed by atoms with Crippen molar-refractivity contribution in [2.75, 3.05) is 11.4 Å². The minimum atomic E-state index is -0.263. The van der Waals surface area contributed by atoms with Gasteiger partial charge in [-0.2, -0.15) is 4.52 Å². The Morgan fingerprint density at radius 3 is 2.73 bits per heavy atom. The summed E-state index contributed by atoms with van der Waals surface area (Å²) in [6.45, 7) is 5.30. The maximum atomic E-state index is 14.2. The molecule has 0 fully saturated rings. The first-order valence-electron chi connectivity index (χ1n) is 9.86. The number of benzene rings is 1. The lowest BCUT2D eigenvalue weighted by molar-refractivity contribution is 0.631. The van der Waals surface area contributed by atoms with Gasteiger partial charge < -0.3 is 4.90 Å². The summed E-state index contributed by atoms with van der Waals surface area (Å²) in [6.07, 6.45) is 4.01. The second kappa shape index (κ2) is 7.02. The number of fused-ring (bicyclic) bond motifs is 2. The number of hydrogen-bond donors (Lipinski definition) is 0. The van der Waals surface area contributed by atoms with Gasteiger partial charge in [-0.25, -0.2) is 9.37 Å². The van der Waals surface area contributed by atoms with E-state index in [9.17, 15) is 9.18 Å². The largest absolute Gasteiger partial charge is 0.350 e. The molecule has 0 aliphatic carbocycles. The zero-order chi connectivity index (χ0) is 20.8. The highest BCUT2D eigenvalue weighted by atomic mass is 19.1. The Morgan fingerprint density at radius 1 is 1.07 bits per heavy atom. The number of hydrogen-bond acceptors (Lipinski definition) is 5. The molecule has 1 aromatic carbocycles. The van der Waals surface area contributed by atoms with Crippen LogP contribution < -0.4 is 10.5 Å². The summed E-state index contributed by atoms with van der Waals surface area (Å²) in [7, 11) is 0. The van der Waals surface area contributed by atoms with Crippen molar-refractivity contribution in [1.82, 2.24) is 19.6 Å². The molecular formula is C23H20FN5O. The highest BCUT2D eigenvalue weighted by Crippen LogP contribution is 2.30. The van der Waals surface area contributed by atoms with Crippen molar-refractivity contribution in [2.45, 2.75) is 26.8 Å². The van der Waals surface area contributed by atoms with Crippen LogP contribution in [0.2, 0.25) is 0 Å². The minimum absolute atomic E-state index is 0.203. The van der Waals surface area contributed by atoms with E-state index in [1.54, 1.807) is 18.3 Å². The zero-order valence-electron chi connectivity index (χ0n) is 16.8. The molecule has 0 spiro atoms. The molecule has 4 aromatic rings. The maximum Gasteiger partial charge on any atom is 0.274 e. The van der Waals surface area contributed by atoms with Gasteiger partial charge in [-0.05, 0) is 31.5 Å². The molecule has 1 aliphatic rings. The van der Waals surface area contributed by atoms with Crippen LogP contribution in [0, 0.1) is 19.7 Å². The summed E-state index contributed by atoms with van der Waals surface area (Å²) in [6, 6.07) is 10.1. The average molecular weight is 401 g/mol. The summed E-state index contributed by atoms with van der Waals surface area (Å²) in [5.41, 5.74) is 5.65. The molecular weight excluding hydrogens is 381 g/mol. The van der Waals surface area contributed by atoms with E-state index in [1.165, 1.54) is 22.8 Å². The van der Waals surface area contributed by atoms with Crippen LogP contribution >= 0.6 is 0 Å². The van der Waals surface area contributed by atoms with Crippen LogP contribution in [0.4, 0.5) is 10.2 Å². The SMILES string of the molecule is Cc1c(N2CCc3ncc(-c4ccccc4F)cc3C2)nn2c(=O)ccnc2c1C. The Labute approximate surface area is 172 Å². The average Bonchev–Trinajstić information content (AvgIpc) is 2.76. The third-order valence-electron chi connectivity index (χ3n) is 5.78. The number of aromatic nitrogens is 4. The maximum absolute atomic E-state index is 14.2. The quantitative estimate of drug-likeness (QED) is 0.515. The van der Waals surface area contributed by atoms with E-state index < -0.39 is 0 Å². The lowest BCUT2D eigenvalue weighted by Crippen LogP contribution is -2.33. The third-order valence-corrected chi connectivity index (χ3v) is 5.78. The number of aryl methyl sites for hydroxylation is 1. The third kappa shape index (κ3) is 2.94. The van der Waals surface area contributed by atoms with Crippen LogP contribution in [0.15, 0.2) is 53.6 Å². The van der Waals surface area contributed by atoms with E-state index in [4.69, 9.17) is 0 Å². The van der Waals surface area contributed by atoms with Crippen molar-refractivity contribution < 1.29 is 4.39 Å². The van der Waals surface area contributed by atoms with E-state index in [2.05, 4.69) is 20.0 Å². The van der Waals surface area contributed by atoms with Crippen LogP contribution in [0.5, 0.6) is 0 Å².